The molecule has 25 heavy (non-hydrogen) atoms. The zero-order valence-corrected chi connectivity index (χ0v) is 14.2. The van der Waals surface area contributed by atoms with Crippen LogP contribution in [-0.4, -0.2) is 17.5 Å². The number of furan rings is 1. The molecule has 5 N–H and O–H groups in total. The van der Waals surface area contributed by atoms with Gasteiger partial charge in [0.2, 0.25) is 5.76 Å². The summed E-state index contributed by atoms with van der Waals surface area (Å²) in [6.45, 7) is 6.54. The van der Waals surface area contributed by atoms with Crippen LogP contribution in [0.15, 0.2) is 62.8 Å². The van der Waals surface area contributed by atoms with Crippen LogP contribution in [-0.2, 0) is 11.3 Å². The van der Waals surface area contributed by atoms with Gasteiger partial charge in [0.15, 0.2) is 17.4 Å². The molecule has 0 saturated carbocycles. The SMILES string of the molecule is C=C(N)/N=C(NCCCC)\C(=C/N)OCc1cc(-c2ccco2)on1. The molecule has 2 heterocycles. The van der Waals surface area contributed by atoms with Crippen LogP contribution in [0.1, 0.15) is 25.5 Å². The standard InChI is InChI=1S/C17H23N5O3/c1-3-4-7-20-17(21-12(2)19)16(10-18)24-11-13-9-15(25-22-13)14-6-5-8-23-14/h5-6,8-10H,2-4,7,11,18-19H2,1H3,(H,20,21)/b16-10+. The number of nitrogens with two attached hydrogens (primary N) is 2. The molecule has 8 heteroatoms. The number of aromatic nitrogens is 1. The van der Waals surface area contributed by atoms with E-state index in [1.54, 1.807) is 24.5 Å². The van der Waals surface area contributed by atoms with Crippen molar-refractivity contribution in [1.29, 1.82) is 0 Å². The van der Waals surface area contributed by atoms with Crippen LogP contribution in [0.4, 0.5) is 0 Å². The molecule has 0 aliphatic rings. The Bertz CT molecular complexity index is 731. The molecular formula is C17H23N5O3. The summed E-state index contributed by atoms with van der Waals surface area (Å²) in [4.78, 5) is 4.13. The number of amidine groups is 1. The normalized spacial score (nSPS) is 12.2. The largest absolute Gasteiger partial charge is 0.482 e. The Hall–Kier alpha value is -3.16. The van der Waals surface area contributed by atoms with Crippen molar-refractivity contribution < 1.29 is 13.7 Å². The highest BCUT2D eigenvalue weighted by Gasteiger charge is 2.13. The quantitative estimate of drug-likeness (QED) is 0.276. The lowest BCUT2D eigenvalue weighted by Crippen LogP contribution is -2.28. The summed E-state index contributed by atoms with van der Waals surface area (Å²) >= 11 is 0. The summed E-state index contributed by atoms with van der Waals surface area (Å²) in [5.74, 6) is 2.05. The predicted octanol–water partition coefficient (Wildman–Crippen LogP) is 2.47. The summed E-state index contributed by atoms with van der Waals surface area (Å²) < 4.78 is 16.2. The van der Waals surface area contributed by atoms with Gasteiger partial charge in [0.1, 0.15) is 18.1 Å². The molecule has 0 aliphatic carbocycles. The molecule has 0 aromatic carbocycles. The lowest BCUT2D eigenvalue weighted by Gasteiger charge is -2.13. The van der Waals surface area contributed by atoms with Crippen molar-refractivity contribution in [2.45, 2.75) is 26.4 Å². The molecule has 134 valence electrons. The second kappa shape index (κ2) is 9.21. The third-order valence-electron chi connectivity index (χ3n) is 3.16. The number of unbranched alkanes of at least 4 members (excludes halogenated alkanes) is 1. The Morgan fingerprint density at radius 3 is 2.96 bits per heavy atom. The minimum Gasteiger partial charge on any atom is -0.482 e. The van der Waals surface area contributed by atoms with Crippen molar-refractivity contribution in [2.75, 3.05) is 6.54 Å². The first kappa shape index (κ1) is 18.2. The first-order valence-corrected chi connectivity index (χ1v) is 7.95. The lowest BCUT2D eigenvalue weighted by molar-refractivity contribution is 0.206. The Morgan fingerprint density at radius 1 is 1.48 bits per heavy atom. The summed E-state index contributed by atoms with van der Waals surface area (Å²) in [5, 5.41) is 7.09. The maximum Gasteiger partial charge on any atom is 0.202 e. The molecule has 0 radical (unpaired) electrons. The van der Waals surface area contributed by atoms with E-state index in [4.69, 9.17) is 25.1 Å². The van der Waals surface area contributed by atoms with Crippen LogP contribution in [0.2, 0.25) is 0 Å². The topological polar surface area (TPSA) is 125 Å². The summed E-state index contributed by atoms with van der Waals surface area (Å²) in [7, 11) is 0. The van der Waals surface area contributed by atoms with E-state index in [-0.39, 0.29) is 12.4 Å². The van der Waals surface area contributed by atoms with E-state index in [1.807, 2.05) is 0 Å². The zero-order valence-electron chi connectivity index (χ0n) is 14.2. The number of hydrogen-bond acceptors (Lipinski definition) is 7. The number of nitrogens with zero attached hydrogens (tertiary/aromatic N) is 2. The van der Waals surface area contributed by atoms with Gasteiger partial charge in [0.25, 0.3) is 0 Å². The Morgan fingerprint density at radius 2 is 2.32 bits per heavy atom. The average molecular weight is 345 g/mol. The van der Waals surface area contributed by atoms with E-state index in [9.17, 15) is 0 Å². The Balaban J connectivity index is 2.01. The fourth-order valence-corrected chi connectivity index (χ4v) is 1.97. The maximum atomic E-state index is 5.69. The maximum absolute atomic E-state index is 5.69. The van der Waals surface area contributed by atoms with Crippen molar-refractivity contribution in [3.63, 3.8) is 0 Å². The Kier molecular flexibility index (Phi) is 6.70. The van der Waals surface area contributed by atoms with Crippen molar-refractivity contribution in [3.05, 3.63) is 54.5 Å². The van der Waals surface area contributed by atoms with Crippen LogP contribution in [0.3, 0.4) is 0 Å². The van der Waals surface area contributed by atoms with Crippen LogP contribution in [0.5, 0.6) is 0 Å². The van der Waals surface area contributed by atoms with Crippen molar-refractivity contribution in [1.82, 2.24) is 10.5 Å². The monoisotopic (exact) mass is 345 g/mol. The average Bonchev–Trinajstić information content (AvgIpc) is 3.26. The third-order valence-corrected chi connectivity index (χ3v) is 3.16. The van der Waals surface area contributed by atoms with Gasteiger partial charge in [-0.05, 0) is 18.6 Å². The molecular weight excluding hydrogens is 322 g/mol. The third kappa shape index (κ3) is 5.45. The van der Waals surface area contributed by atoms with Gasteiger partial charge < -0.3 is 30.5 Å². The van der Waals surface area contributed by atoms with Crippen LogP contribution < -0.4 is 16.8 Å². The smallest absolute Gasteiger partial charge is 0.202 e. The fraction of sp³-hybridized carbons (Fsp3) is 0.294. The van der Waals surface area contributed by atoms with Crippen LogP contribution in [0.25, 0.3) is 11.5 Å². The lowest BCUT2D eigenvalue weighted by atomic mass is 10.3. The molecule has 0 unspecified atom stereocenters. The first-order chi connectivity index (χ1) is 12.1. The van der Waals surface area contributed by atoms with Crippen LogP contribution >= 0.6 is 0 Å². The van der Waals surface area contributed by atoms with Crippen molar-refractivity contribution in [3.8, 4) is 11.5 Å². The van der Waals surface area contributed by atoms with E-state index < -0.39 is 0 Å². The predicted molar refractivity (Wildman–Crippen MR) is 94.9 cm³/mol. The Labute approximate surface area is 146 Å². The highest BCUT2D eigenvalue weighted by molar-refractivity contribution is 5.97. The van der Waals surface area contributed by atoms with Crippen molar-refractivity contribution >= 4 is 5.84 Å². The van der Waals surface area contributed by atoms with Gasteiger partial charge in [-0.25, -0.2) is 4.99 Å². The van der Waals surface area contributed by atoms with Gasteiger partial charge in [-0.3, -0.25) is 0 Å². The minimum atomic E-state index is 0.152. The molecule has 8 nitrogen and oxygen atoms in total. The molecule has 0 aliphatic heterocycles. The van der Waals surface area contributed by atoms with E-state index in [0.717, 1.165) is 19.4 Å². The van der Waals surface area contributed by atoms with Gasteiger partial charge in [-0.2, -0.15) is 0 Å². The molecule has 2 aromatic heterocycles. The number of ether oxygens (including phenoxy) is 1. The number of aliphatic imine (C=N–C) groups is 1. The van der Waals surface area contributed by atoms with E-state index >= 15 is 0 Å². The van der Waals surface area contributed by atoms with Gasteiger partial charge in [0, 0.05) is 18.8 Å². The molecule has 0 amide bonds. The second-order valence-corrected chi connectivity index (χ2v) is 5.21. The fourth-order valence-electron chi connectivity index (χ4n) is 1.97. The molecule has 0 fully saturated rings. The molecule has 0 spiro atoms. The van der Waals surface area contributed by atoms with E-state index in [1.165, 1.54) is 6.20 Å². The van der Waals surface area contributed by atoms with Crippen LogP contribution in [0, 0.1) is 0 Å². The summed E-state index contributed by atoms with van der Waals surface area (Å²) in [6, 6.07) is 5.29. The van der Waals surface area contributed by atoms with Gasteiger partial charge >= 0.3 is 0 Å². The number of hydrogen-bond donors (Lipinski definition) is 3. The van der Waals surface area contributed by atoms with Gasteiger partial charge in [-0.1, -0.05) is 25.1 Å². The van der Waals surface area contributed by atoms with Crippen molar-refractivity contribution in [2.24, 2.45) is 16.5 Å². The molecule has 0 bridgehead atoms. The minimum absolute atomic E-state index is 0.152. The molecule has 2 rings (SSSR count). The highest BCUT2D eigenvalue weighted by Crippen LogP contribution is 2.21. The highest BCUT2D eigenvalue weighted by atomic mass is 16.5. The second-order valence-electron chi connectivity index (χ2n) is 5.21. The number of rotatable bonds is 9. The van der Waals surface area contributed by atoms with E-state index in [2.05, 4.69) is 29.0 Å². The van der Waals surface area contributed by atoms with Gasteiger partial charge in [-0.15, -0.1) is 0 Å². The summed E-state index contributed by atoms with van der Waals surface area (Å²) in [6.07, 6.45) is 4.90. The molecule has 2 aromatic rings. The van der Waals surface area contributed by atoms with Gasteiger partial charge in [0.05, 0.1) is 6.26 Å². The first-order valence-electron chi connectivity index (χ1n) is 7.95. The molecule has 0 atom stereocenters. The zero-order chi connectivity index (χ0) is 18.1. The molecule has 0 saturated heterocycles. The number of nitrogens with one attached hydrogen (secondary N) is 1. The summed E-state index contributed by atoms with van der Waals surface area (Å²) in [5.41, 5.74) is 11.8. The van der Waals surface area contributed by atoms with E-state index in [0.29, 0.717) is 28.8 Å².